The summed E-state index contributed by atoms with van der Waals surface area (Å²) in [5, 5.41) is 4.27. The lowest BCUT2D eigenvalue weighted by Crippen LogP contribution is -2.24. The normalized spacial score (nSPS) is 13.9. The SMILES string of the molecule is CCc1ccc2c(CNc3ccc(N4CCCC4=O)c(OC)c3)cc(=O)oc2c1. The second-order valence-corrected chi connectivity index (χ2v) is 7.16. The molecule has 6 nitrogen and oxygen atoms in total. The molecular weight excluding hydrogens is 368 g/mol. The van der Waals surface area contributed by atoms with Gasteiger partial charge in [0.15, 0.2) is 0 Å². The molecule has 29 heavy (non-hydrogen) atoms. The van der Waals surface area contributed by atoms with Crippen LogP contribution in [0.5, 0.6) is 5.75 Å². The molecule has 2 heterocycles. The number of rotatable bonds is 6. The Balaban J connectivity index is 1.59. The van der Waals surface area contributed by atoms with Crippen LogP contribution in [0, 0.1) is 0 Å². The average molecular weight is 392 g/mol. The van der Waals surface area contributed by atoms with Crippen molar-refractivity contribution in [3.63, 3.8) is 0 Å². The van der Waals surface area contributed by atoms with Crippen LogP contribution >= 0.6 is 0 Å². The molecule has 0 spiro atoms. The first-order valence-corrected chi connectivity index (χ1v) is 9.87. The fourth-order valence-electron chi connectivity index (χ4n) is 3.75. The zero-order valence-corrected chi connectivity index (χ0v) is 16.7. The molecule has 1 N–H and O–H groups in total. The lowest BCUT2D eigenvalue weighted by atomic mass is 10.1. The van der Waals surface area contributed by atoms with Gasteiger partial charge in [0.05, 0.1) is 12.8 Å². The van der Waals surface area contributed by atoms with Gasteiger partial charge in [0.25, 0.3) is 0 Å². The second kappa shape index (κ2) is 7.99. The largest absolute Gasteiger partial charge is 0.494 e. The van der Waals surface area contributed by atoms with Gasteiger partial charge in [-0.15, -0.1) is 0 Å². The summed E-state index contributed by atoms with van der Waals surface area (Å²) in [5.41, 5.74) is 3.89. The van der Waals surface area contributed by atoms with Gasteiger partial charge in [-0.1, -0.05) is 19.1 Å². The summed E-state index contributed by atoms with van der Waals surface area (Å²) in [4.78, 5) is 25.8. The number of fused-ring (bicyclic) bond motifs is 1. The monoisotopic (exact) mass is 392 g/mol. The first kappa shape index (κ1) is 19.1. The maximum absolute atomic E-state index is 12.1. The van der Waals surface area contributed by atoms with Crippen LogP contribution in [0.4, 0.5) is 11.4 Å². The van der Waals surface area contributed by atoms with E-state index in [1.807, 2.05) is 30.3 Å². The third-order valence-electron chi connectivity index (χ3n) is 5.33. The molecule has 6 heteroatoms. The van der Waals surface area contributed by atoms with Crippen LogP contribution in [-0.4, -0.2) is 19.6 Å². The fourth-order valence-corrected chi connectivity index (χ4v) is 3.75. The highest BCUT2D eigenvalue weighted by Crippen LogP contribution is 2.34. The molecule has 1 saturated heterocycles. The second-order valence-electron chi connectivity index (χ2n) is 7.16. The van der Waals surface area contributed by atoms with Crippen LogP contribution in [0.3, 0.4) is 0 Å². The van der Waals surface area contributed by atoms with E-state index in [2.05, 4.69) is 18.3 Å². The lowest BCUT2D eigenvalue weighted by Gasteiger charge is -2.20. The van der Waals surface area contributed by atoms with E-state index in [0.29, 0.717) is 30.8 Å². The van der Waals surface area contributed by atoms with Crippen molar-refractivity contribution >= 4 is 28.3 Å². The smallest absolute Gasteiger partial charge is 0.336 e. The fraction of sp³-hybridized carbons (Fsp3) is 0.304. The Morgan fingerprint density at radius 1 is 1.14 bits per heavy atom. The minimum absolute atomic E-state index is 0.123. The average Bonchev–Trinajstić information content (AvgIpc) is 3.16. The first-order chi connectivity index (χ1) is 14.1. The van der Waals surface area contributed by atoms with E-state index >= 15 is 0 Å². The molecule has 1 amide bonds. The number of benzene rings is 2. The number of aryl methyl sites for hydroxylation is 1. The standard InChI is InChI=1S/C23H24N2O4/c1-3-15-6-8-18-16(12-23(27)29-20(18)11-15)14-24-17-7-9-19(21(13-17)28-2)25-10-4-5-22(25)26/h6-9,11-13,24H,3-5,10,14H2,1-2H3. The van der Waals surface area contributed by atoms with Gasteiger partial charge in [0.2, 0.25) is 5.91 Å². The highest BCUT2D eigenvalue weighted by molar-refractivity contribution is 5.97. The van der Waals surface area contributed by atoms with E-state index < -0.39 is 0 Å². The molecule has 0 unspecified atom stereocenters. The molecule has 4 rings (SSSR count). The summed E-state index contributed by atoms with van der Waals surface area (Å²) in [6.45, 7) is 3.25. The Morgan fingerprint density at radius 2 is 2.00 bits per heavy atom. The third-order valence-corrected chi connectivity index (χ3v) is 5.33. The predicted molar refractivity (Wildman–Crippen MR) is 114 cm³/mol. The molecule has 0 bridgehead atoms. The number of nitrogens with one attached hydrogen (secondary N) is 1. The van der Waals surface area contributed by atoms with E-state index in [0.717, 1.165) is 40.7 Å². The van der Waals surface area contributed by atoms with Crippen molar-refractivity contribution in [2.75, 3.05) is 23.9 Å². The van der Waals surface area contributed by atoms with E-state index in [4.69, 9.17) is 9.15 Å². The summed E-state index contributed by atoms with van der Waals surface area (Å²) in [6, 6.07) is 13.2. The Kier molecular flexibility index (Phi) is 5.25. The number of methoxy groups -OCH3 is 1. The van der Waals surface area contributed by atoms with E-state index in [9.17, 15) is 9.59 Å². The van der Waals surface area contributed by atoms with E-state index in [1.54, 1.807) is 12.0 Å². The van der Waals surface area contributed by atoms with Crippen LogP contribution in [-0.2, 0) is 17.8 Å². The molecule has 0 radical (unpaired) electrons. The van der Waals surface area contributed by atoms with Crippen LogP contribution in [0.25, 0.3) is 11.0 Å². The summed E-state index contributed by atoms with van der Waals surface area (Å²) in [7, 11) is 1.60. The topological polar surface area (TPSA) is 71.8 Å². The number of hydrogen-bond acceptors (Lipinski definition) is 5. The van der Waals surface area contributed by atoms with Gasteiger partial charge < -0.3 is 19.4 Å². The van der Waals surface area contributed by atoms with Crippen molar-refractivity contribution in [3.05, 3.63) is 64.0 Å². The Hall–Kier alpha value is -3.28. The van der Waals surface area contributed by atoms with Crippen molar-refractivity contribution in [3.8, 4) is 5.75 Å². The quantitative estimate of drug-likeness (QED) is 0.640. The zero-order valence-electron chi connectivity index (χ0n) is 16.7. The molecule has 1 aliphatic rings. The number of amides is 1. The van der Waals surface area contributed by atoms with Crippen molar-refractivity contribution in [1.82, 2.24) is 0 Å². The van der Waals surface area contributed by atoms with Gasteiger partial charge in [-0.2, -0.15) is 0 Å². The lowest BCUT2D eigenvalue weighted by molar-refractivity contribution is -0.117. The summed E-state index contributed by atoms with van der Waals surface area (Å²) in [5.74, 6) is 0.771. The van der Waals surface area contributed by atoms with Gasteiger partial charge in [-0.05, 0) is 42.2 Å². The molecule has 1 fully saturated rings. The minimum Gasteiger partial charge on any atom is -0.494 e. The molecule has 1 aromatic heterocycles. The third kappa shape index (κ3) is 3.83. The van der Waals surface area contributed by atoms with Crippen LogP contribution < -0.4 is 20.6 Å². The van der Waals surface area contributed by atoms with Gasteiger partial charge in [-0.3, -0.25) is 4.79 Å². The maximum atomic E-state index is 12.1. The molecule has 0 aliphatic carbocycles. The first-order valence-electron chi connectivity index (χ1n) is 9.87. The minimum atomic E-state index is -0.358. The molecule has 1 aliphatic heterocycles. The maximum Gasteiger partial charge on any atom is 0.336 e. The van der Waals surface area contributed by atoms with Crippen LogP contribution in [0.1, 0.15) is 30.9 Å². The van der Waals surface area contributed by atoms with Crippen molar-refractivity contribution in [2.24, 2.45) is 0 Å². The Bertz CT molecular complexity index is 1120. The number of carbonyl (C=O) groups is 1. The van der Waals surface area contributed by atoms with Gasteiger partial charge >= 0.3 is 5.63 Å². The van der Waals surface area contributed by atoms with Gasteiger partial charge in [-0.25, -0.2) is 4.79 Å². The van der Waals surface area contributed by atoms with E-state index in [1.165, 1.54) is 6.07 Å². The highest BCUT2D eigenvalue weighted by Gasteiger charge is 2.24. The highest BCUT2D eigenvalue weighted by atomic mass is 16.5. The van der Waals surface area contributed by atoms with Crippen molar-refractivity contribution in [2.45, 2.75) is 32.7 Å². The van der Waals surface area contributed by atoms with Crippen LogP contribution in [0.15, 0.2) is 51.7 Å². The van der Waals surface area contributed by atoms with Crippen LogP contribution in [0.2, 0.25) is 0 Å². The number of hydrogen-bond donors (Lipinski definition) is 1. The van der Waals surface area contributed by atoms with E-state index in [-0.39, 0.29) is 11.5 Å². The van der Waals surface area contributed by atoms with Crippen molar-refractivity contribution < 1.29 is 13.9 Å². The molecular formula is C23H24N2O4. The van der Waals surface area contributed by atoms with Crippen molar-refractivity contribution in [1.29, 1.82) is 0 Å². The summed E-state index contributed by atoms with van der Waals surface area (Å²) in [6.07, 6.45) is 2.33. The Morgan fingerprint density at radius 3 is 2.72 bits per heavy atom. The molecule has 3 aromatic rings. The van der Waals surface area contributed by atoms with Gasteiger partial charge in [0.1, 0.15) is 11.3 Å². The molecule has 0 atom stereocenters. The summed E-state index contributed by atoms with van der Waals surface area (Å²) < 4.78 is 10.9. The molecule has 150 valence electrons. The summed E-state index contributed by atoms with van der Waals surface area (Å²) >= 11 is 0. The zero-order chi connectivity index (χ0) is 20.4. The number of carbonyl (C=O) groups excluding carboxylic acids is 1. The van der Waals surface area contributed by atoms with Gasteiger partial charge in [0, 0.05) is 42.7 Å². The number of anilines is 2. The number of ether oxygens (including phenoxy) is 1. The Labute approximate surface area is 169 Å². The predicted octanol–water partition coefficient (Wildman–Crippen LogP) is 4.10. The molecule has 2 aromatic carbocycles. The number of nitrogens with zero attached hydrogens (tertiary/aromatic N) is 1. The molecule has 0 saturated carbocycles.